The number of amides is 1. The molecule has 0 aromatic heterocycles. The van der Waals surface area contributed by atoms with Crippen molar-refractivity contribution < 1.29 is 23.8 Å². The zero-order valence-electron chi connectivity index (χ0n) is 12.8. The molecular weight excluding hydrogens is 274 g/mol. The molecule has 6 heteroatoms. The third-order valence-electron chi connectivity index (χ3n) is 3.11. The van der Waals surface area contributed by atoms with E-state index in [4.69, 9.17) is 9.47 Å². The van der Waals surface area contributed by atoms with Crippen molar-refractivity contribution in [1.29, 1.82) is 0 Å². The van der Waals surface area contributed by atoms with Gasteiger partial charge in [0.15, 0.2) is 11.5 Å². The van der Waals surface area contributed by atoms with E-state index in [0.29, 0.717) is 18.0 Å². The van der Waals surface area contributed by atoms with E-state index in [1.165, 1.54) is 12.0 Å². The van der Waals surface area contributed by atoms with E-state index < -0.39 is 0 Å². The molecule has 0 bridgehead atoms. The molecule has 0 unspecified atom stereocenters. The topological polar surface area (TPSA) is 65.1 Å². The van der Waals surface area contributed by atoms with E-state index in [-0.39, 0.29) is 24.7 Å². The van der Waals surface area contributed by atoms with E-state index in [9.17, 15) is 9.59 Å². The predicted molar refractivity (Wildman–Crippen MR) is 77.5 cm³/mol. The molecule has 0 fully saturated rings. The summed E-state index contributed by atoms with van der Waals surface area (Å²) in [6.45, 7) is 0.332. The molecule has 116 valence electrons. The summed E-state index contributed by atoms with van der Waals surface area (Å²) in [6.07, 6.45) is 0.419. The highest BCUT2D eigenvalue weighted by atomic mass is 16.5. The lowest BCUT2D eigenvalue weighted by Gasteiger charge is -2.17. The van der Waals surface area contributed by atoms with Crippen molar-refractivity contribution >= 4 is 11.9 Å². The van der Waals surface area contributed by atoms with Gasteiger partial charge in [0.05, 0.1) is 34.2 Å². The maximum atomic E-state index is 12.1. The molecule has 0 radical (unpaired) electrons. The third kappa shape index (κ3) is 4.98. The van der Waals surface area contributed by atoms with Gasteiger partial charge in [-0.25, -0.2) is 0 Å². The van der Waals surface area contributed by atoms with Crippen LogP contribution in [0.2, 0.25) is 0 Å². The molecule has 1 aromatic carbocycles. The molecule has 0 spiro atoms. The smallest absolute Gasteiger partial charge is 0.307 e. The zero-order valence-corrected chi connectivity index (χ0v) is 12.8. The van der Waals surface area contributed by atoms with Crippen LogP contribution >= 0.6 is 0 Å². The lowest BCUT2D eigenvalue weighted by Crippen LogP contribution is -2.30. The first-order valence-corrected chi connectivity index (χ1v) is 6.53. The SMILES string of the molecule is COC(=O)CCN(C)C(=O)Cc1ccc(OC)c(OC)c1. The van der Waals surface area contributed by atoms with Crippen LogP contribution in [0.5, 0.6) is 11.5 Å². The van der Waals surface area contributed by atoms with Gasteiger partial charge in [-0.05, 0) is 17.7 Å². The summed E-state index contributed by atoms with van der Waals surface area (Å²) in [5, 5.41) is 0. The van der Waals surface area contributed by atoms with Crippen LogP contribution in [0.25, 0.3) is 0 Å². The van der Waals surface area contributed by atoms with E-state index in [2.05, 4.69) is 4.74 Å². The van der Waals surface area contributed by atoms with Gasteiger partial charge >= 0.3 is 5.97 Å². The summed E-state index contributed by atoms with van der Waals surface area (Å²) in [6, 6.07) is 5.34. The Hall–Kier alpha value is -2.24. The monoisotopic (exact) mass is 295 g/mol. The maximum absolute atomic E-state index is 12.1. The highest BCUT2D eigenvalue weighted by molar-refractivity contribution is 5.79. The number of benzene rings is 1. The Kier molecular flexibility index (Phi) is 6.52. The average molecular weight is 295 g/mol. The summed E-state index contributed by atoms with van der Waals surface area (Å²) >= 11 is 0. The van der Waals surface area contributed by atoms with Crippen LogP contribution < -0.4 is 9.47 Å². The van der Waals surface area contributed by atoms with Crippen molar-refractivity contribution in [3.05, 3.63) is 23.8 Å². The fraction of sp³-hybridized carbons (Fsp3) is 0.467. The van der Waals surface area contributed by atoms with Crippen molar-refractivity contribution in [2.24, 2.45) is 0 Å². The van der Waals surface area contributed by atoms with Gasteiger partial charge in [-0.15, -0.1) is 0 Å². The van der Waals surface area contributed by atoms with Crippen molar-refractivity contribution in [3.8, 4) is 11.5 Å². The Labute approximate surface area is 124 Å². The van der Waals surface area contributed by atoms with E-state index in [1.54, 1.807) is 33.4 Å². The summed E-state index contributed by atoms with van der Waals surface area (Å²) in [5.74, 6) is 0.791. The second-order valence-electron chi connectivity index (χ2n) is 4.51. The summed E-state index contributed by atoms with van der Waals surface area (Å²) in [7, 11) is 6.09. The number of carbonyl (C=O) groups is 2. The van der Waals surface area contributed by atoms with E-state index in [0.717, 1.165) is 5.56 Å². The molecular formula is C15H21NO5. The number of carbonyl (C=O) groups excluding carboxylic acids is 2. The number of nitrogens with zero attached hydrogens (tertiary/aromatic N) is 1. The van der Waals surface area contributed by atoms with E-state index >= 15 is 0 Å². The van der Waals surface area contributed by atoms with Crippen molar-refractivity contribution in [1.82, 2.24) is 4.90 Å². The number of hydrogen-bond donors (Lipinski definition) is 0. The maximum Gasteiger partial charge on any atom is 0.307 e. The van der Waals surface area contributed by atoms with Gasteiger partial charge < -0.3 is 19.1 Å². The van der Waals surface area contributed by atoms with Crippen molar-refractivity contribution in [2.75, 3.05) is 34.9 Å². The van der Waals surface area contributed by atoms with Crippen LogP contribution in [0.3, 0.4) is 0 Å². The third-order valence-corrected chi connectivity index (χ3v) is 3.11. The van der Waals surface area contributed by atoms with Gasteiger partial charge in [-0.1, -0.05) is 6.07 Å². The molecule has 0 atom stereocenters. The highest BCUT2D eigenvalue weighted by Gasteiger charge is 2.13. The molecule has 0 aliphatic rings. The van der Waals surface area contributed by atoms with Gasteiger partial charge in [0.1, 0.15) is 0 Å². The highest BCUT2D eigenvalue weighted by Crippen LogP contribution is 2.27. The molecule has 1 amide bonds. The molecule has 0 N–H and O–H groups in total. The molecule has 0 heterocycles. The van der Waals surface area contributed by atoms with Crippen LogP contribution in [0.1, 0.15) is 12.0 Å². The quantitative estimate of drug-likeness (QED) is 0.709. The summed E-state index contributed by atoms with van der Waals surface area (Å²) in [5.41, 5.74) is 0.822. The molecule has 1 aromatic rings. The van der Waals surface area contributed by atoms with Crippen molar-refractivity contribution in [3.63, 3.8) is 0 Å². The minimum atomic E-state index is -0.333. The van der Waals surface area contributed by atoms with E-state index in [1.807, 2.05) is 6.07 Å². The molecule has 0 aliphatic carbocycles. The Balaban J connectivity index is 2.63. The Morgan fingerprint density at radius 1 is 1.10 bits per heavy atom. The second-order valence-corrected chi connectivity index (χ2v) is 4.51. The van der Waals surface area contributed by atoms with Gasteiger partial charge in [-0.3, -0.25) is 9.59 Å². The molecule has 1 rings (SSSR count). The molecule has 0 saturated carbocycles. The minimum Gasteiger partial charge on any atom is -0.493 e. The largest absolute Gasteiger partial charge is 0.493 e. The zero-order chi connectivity index (χ0) is 15.8. The van der Waals surface area contributed by atoms with Crippen molar-refractivity contribution in [2.45, 2.75) is 12.8 Å². The molecule has 0 aliphatic heterocycles. The van der Waals surface area contributed by atoms with Gasteiger partial charge in [-0.2, -0.15) is 0 Å². The Morgan fingerprint density at radius 2 is 1.76 bits per heavy atom. The Bertz CT molecular complexity index is 501. The number of ether oxygens (including phenoxy) is 3. The fourth-order valence-corrected chi connectivity index (χ4v) is 1.79. The van der Waals surface area contributed by atoms with Crippen LogP contribution in [0, 0.1) is 0 Å². The standard InChI is InChI=1S/C15H21NO5/c1-16(8-7-15(18)21-4)14(17)10-11-5-6-12(19-2)13(9-11)20-3/h5-6,9H,7-8,10H2,1-4H3. The number of hydrogen-bond acceptors (Lipinski definition) is 5. The lowest BCUT2D eigenvalue weighted by molar-refractivity contribution is -0.141. The average Bonchev–Trinajstić information content (AvgIpc) is 2.51. The summed E-state index contributed by atoms with van der Waals surface area (Å²) in [4.78, 5) is 24.6. The Morgan fingerprint density at radius 3 is 2.33 bits per heavy atom. The predicted octanol–water partition coefficient (Wildman–Crippen LogP) is 1.27. The van der Waals surface area contributed by atoms with Crippen LogP contribution in [-0.2, 0) is 20.7 Å². The first-order valence-electron chi connectivity index (χ1n) is 6.53. The van der Waals surface area contributed by atoms with Gasteiger partial charge in [0.2, 0.25) is 5.91 Å². The number of methoxy groups -OCH3 is 3. The fourth-order valence-electron chi connectivity index (χ4n) is 1.79. The number of rotatable bonds is 7. The lowest BCUT2D eigenvalue weighted by atomic mass is 10.1. The van der Waals surface area contributed by atoms with Gasteiger partial charge in [0.25, 0.3) is 0 Å². The molecule has 0 saturated heterocycles. The summed E-state index contributed by atoms with van der Waals surface area (Å²) < 4.78 is 14.9. The van der Waals surface area contributed by atoms with Crippen LogP contribution in [0.4, 0.5) is 0 Å². The van der Waals surface area contributed by atoms with Crippen LogP contribution in [-0.4, -0.2) is 51.7 Å². The number of esters is 1. The second kappa shape index (κ2) is 8.14. The van der Waals surface area contributed by atoms with Gasteiger partial charge in [0, 0.05) is 13.6 Å². The normalized spacial score (nSPS) is 9.90. The number of likely N-dealkylation sites (N-methyl/N-ethyl adjacent to an activating group) is 1. The molecule has 6 nitrogen and oxygen atoms in total. The minimum absolute atomic E-state index is 0.0777. The first-order chi connectivity index (χ1) is 10.0. The molecule has 21 heavy (non-hydrogen) atoms. The first kappa shape index (κ1) is 16.8. The van der Waals surface area contributed by atoms with Crippen LogP contribution in [0.15, 0.2) is 18.2 Å².